The van der Waals surface area contributed by atoms with Crippen LogP contribution in [0.4, 0.5) is 15.3 Å². The normalized spacial score (nSPS) is 15.6. The average molecular weight is 504 g/mol. The molecule has 0 saturated carbocycles. The number of ether oxygens (including phenoxy) is 1. The van der Waals surface area contributed by atoms with E-state index in [0.29, 0.717) is 48.7 Å². The predicted octanol–water partition coefficient (Wildman–Crippen LogP) is 1.44. The first-order valence-corrected chi connectivity index (χ1v) is 11.1. The van der Waals surface area contributed by atoms with Crippen molar-refractivity contribution in [1.29, 1.82) is 0 Å². The van der Waals surface area contributed by atoms with Crippen molar-refractivity contribution in [3.63, 3.8) is 0 Å². The molecule has 34 heavy (non-hydrogen) atoms. The Bertz CT molecular complexity index is 1280. The summed E-state index contributed by atoms with van der Waals surface area (Å²) in [6.07, 6.45) is 7.34. The summed E-state index contributed by atoms with van der Waals surface area (Å²) in [6.45, 7) is 2.67. The van der Waals surface area contributed by atoms with Gasteiger partial charge in [0.15, 0.2) is 10.9 Å². The standard InChI is InChI=1S/C20H20FN9O2S.H2S/c21-12-6-22-10-27-18(12)16-8-26-20(33-16)29-17-5-15-13(7-25-17)28-11-30(15)3-1-24-19(31)14-9-32-4-2-23-14;/h5-8,10-11,14,23H,1-4,9H2,(H,24,31)(H,25,26,29);1H2/t14-;/m0./s1. The van der Waals surface area contributed by atoms with E-state index in [1.165, 1.54) is 17.7 Å². The molecule has 0 aliphatic carbocycles. The third-order valence-corrected chi connectivity index (χ3v) is 5.96. The molecule has 1 amide bonds. The van der Waals surface area contributed by atoms with Crippen LogP contribution in [0.5, 0.6) is 0 Å². The fraction of sp³-hybridized carbons (Fsp3) is 0.300. The highest BCUT2D eigenvalue weighted by Gasteiger charge is 2.20. The van der Waals surface area contributed by atoms with Crippen LogP contribution in [-0.2, 0) is 16.1 Å². The first-order chi connectivity index (χ1) is 16.2. The Kier molecular flexibility index (Phi) is 7.62. The number of nitrogens with one attached hydrogen (secondary N) is 3. The fourth-order valence-corrected chi connectivity index (χ4v) is 4.23. The first kappa shape index (κ1) is 23.9. The first-order valence-electron chi connectivity index (χ1n) is 10.3. The Labute approximate surface area is 204 Å². The zero-order valence-corrected chi connectivity index (χ0v) is 19.7. The molecular formula is C20H22FN9O2S2. The Morgan fingerprint density at radius 3 is 3.00 bits per heavy atom. The summed E-state index contributed by atoms with van der Waals surface area (Å²) < 4.78 is 21.2. The van der Waals surface area contributed by atoms with Crippen molar-refractivity contribution in [3.05, 3.63) is 43.1 Å². The lowest BCUT2D eigenvalue weighted by molar-refractivity contribution is -0.125. The second kappa shape index (κ2) is 10.8. The maximum atomic E-state index is 13.9. The number of carbonyl (C=O) groups is 1. The second-order valence-electron chi connectivity index (χ2n) is 7.24. The van der Waals surface area contributed by atoms with E-state index in [1.807, 2.05) is 10.6 Å². The van der Waals surface area contributed by atoms with Gasteiger partial charge in [-0.3, -0.25) is 4.79 Å². The SMILES string of the molecule is O=C(NCCn1cnc2cnc(Nc3ncc(-c4ncncc4F)s3)cc21)[C@@H]1COCCN1.S. The smallest absolute Gasteiger partial charge is 0.239 e. The number of hydrogen-bond donors (Lipinski definition) is 3. The molecule has 1 fully saturated rings. The van der Waals surface area contributed by atoms with Gasteiger partial charge < -0.3 is 25.3 Å². The quantitative estimate of drug-likeness (QED) is 0.343. The number of fused-ring (bicyclic) bond motifs is 1. The van der Waals surface area contributed by atoms with Crippen LogP contribution in [0.3, 0.4) is 0 Å². The van der Waals surface area contributed by atoms with E-state index in [2.05, 4.69) is 40.9 Å². The van der Waals surface area contributed by atoms with Gasteiger partial charge in [-0.1, -0.05) is 11.3 Å². The summed E-state index contributed by atoms with van der Waals surface area (Å²) in [5.74, 6) is -0.0150. The van der Waals surface area contributed by atoms with Crippen LogP contribution in [0.1, 0.15) is 0 Å². The molecule has 178 valence electrons. The van der Waals surface area contributed by atoms with Crippen molar-refractivity contribution in [2.75, 3.05) is 31.6 Å². The van der Waals surface area contributed by atoms with Gasteiger partial charge in [-0.05, 0) is 0 Å². The zero-order valence-electron chi connectivity index (χ0n) is 17.9. The number of anilines is 2. The zero-order chi connectivity index (χ0) is 22.6. The third kappa shape index (κ3) is 5.30. The summed E-state index contributed by atoms with van der Waals surface area (Å²) in [4.78, 5) is 33.5. The van der Waals surface area contributed by atoms with Crippen molar-refractivity contribution in [2.45, 2.75) is 12.6 Å². The minimum absolute atomic E-state index is 0. The topological polar surface area (TPSA) is 132 Å². The van der Waals surface area contributed by atoms with Crippen LogP contribution in [0.2, 0.25) is 0 Å². The van der Waals surface area contributed by atoms with E-state index < -0.39 is 5.82 Å². The maximum absolute atomic E-state index is 13.9. The molecule has 0 radical (unpaired) electrons. The number of imidazole rings is 1. The van der Waals surface area contributed by atoms with E-state index in [4.69, 9.17) is 4.74 Å². The summed E-state index contributed by atoms with van der Waals surface area (Å²) in [6, 6.07) is 1.53. The van der Waals surface area contributed by atoms with Crippen molar-refractivity contribution >= 4 is 52.7 Å². The predicted molar refractivity (Wildman–Crippen MR) is 130 cm³/mol. The summed E-state index contributed by atoms with van der Waals surface area (Å²) in [7, 11) is 0. The molecule has 1 saturated heterocycles. The van der Waals surface area contributed by atoms with Gasteiger partial charge in [0.25, 0.3) is 0 Å². The lowest BCUT2D eigenvalue weighted by Gasteiger charge is -2.22. The number of rotatable bonds is 7. The average Bonchev–Trinajstić information content (AvgIpc) is 3.47. The molecule has 4 aromatic heterocycles. The molecule has 4 aromatic rings. The summed E-state index contributed by atoms with van der Waals surface area (Å²) in [5.41, 5.74) is 1.80. The fourth-order valence-electron chi connectivity index (χ4n) is 3.41. The van der Waals surface area contributed by atoms with E-state index in [1.54, 1.807) is 18.7 Å². The molecule has 14 heteroatoms. The van der Waals surface area contributed by atoms with Crippen LogP contribution in [-0.4, -0.2) is 67.7 Å². The highest BCUT2D eigenvalue weighted by atomic mass is 32.1. The van der Waals surface area contributed by atoms with Crippen molar-refractivity contribution < 1.29 is 13.9 Å². The van der Waals surface area contributed by atoms with Gasteiger partial charge in [0.05, 0.1) is 42.3 Å². The van der Waals surface area contributed by atoms with Crippen LogP contribution in [0, 0.1) is 5.82 Å². The van der Waals surface area contributed by atoms with Crippen LogP contribution >= 0.6 is 24.8 Å². The number of halogens is 1. The van der Waals surface area contributed by atoms with Gasteiger partial charge in [0, 0.05) is 31.9 Å². The molecule has 1 atom stereocenters. The lowest BCUT2D eigenvalue weighted by Crippen LogP contribution is -2.51. The van der Waals surface area contributed by atoms with Gasteiger partial charge in [-0.2, -0.15) is 13.5 Å². The summed E-state index contributed by atoms with van der Waals surface area (Å²) in [5, 5.41) is 9.74. The number of thiazole rings is 1. The highest BCUT2D eigenvalue weighted by Crippen LogP contribution is 2.30. The number of hydrogen-bond acceptors (Lipinski definition) is 10. The van der Waals surface area contributed by atoms with Crippen LogP contribution < -0.4 is 16.0 Å². The van der Waals surface area contributed by atoms with Crippen molar-refractivity contribution in [2.24, 2.45) is 0 Å². The summed E-state index contributed by atoms with van der Waals surface area (Å²) >= 11 is 1.26. The number of aromatic nitrogens is 6. The Morgan fingerprint density at radius 1 is 1.26 bits per heavy atom. The van der Waals surface area contributed by atoms with E-state index in [9.17, 15) is 9.18 Å². The number of nitrogens with zero attached hydrogens (tertiary/aromatic N) is 6. The van der Waals surface area contributed by atoms with Gasteiger partial charge in [0.1, 0.15) is 29.4 Å². The number of pyridine rings is 1. The molecule has 5 rings (SSSR count). The molecule has 0 unspecified atom stereocenters. The largest absolute Gasteiger partial charge is 0.378 e. The molecule has 1 aliphatic rings. The van der Waals surface area contributed by atoms with Gasteiger partial charge in [0.2, 0.25) is 5.91 Å². The molecule has 1 aliphatic heterocycles. The molecule has 11 nitrogen and oxygen atoms in total. The van der Waals surface area contributed by atoms with E-state index >= 15 is 0 Å². The number of carbonyl (C=O) groups excluding carboxylic acids is 1. The Morgan fingerprint density at radius 2 is 2.18 bits per heavy atom. The van der Waals surface area contributed by atoms with Gasteiger partial charge >= 0.3 is 0 Å². The van der Waals surface area contributed by atoms with Gasteiger partial charge in [-0.15, -0.1) is 0 Å². The monoisotopic (exact) mass is 503 g/mol. The minimum atomic E-state index is -0.505. The molecule has 0 aromatic carbocycles. The van der Waals surface area contributed by atoms with E-state index in [-0.39, 0.29) is 31.1 Å². The molecule has 3 N–H and O–H groups in total. The van der Waals surface area contributed by atoms with Crippen LogP contribution in [0.25, 0.3) is 21.6 Å². The molecule has 5 heterocycles. The third-order valence-electron chi connectivity index (χ3n) is 5.04. The number of morpholine rings is 1. The second-order valence-corrected chi connectivity index (χ2v) is 8.27. The Hall–Kier alpha value is -3.20. The van der Waals surface area contributed by atoms with Crippen molar-refractivity contribution in [1.82, 2.24) is 40.1 Å². The number of amides is 1. The maximum Gasteiger partial charge on any atom is 0.239 e. The van der Waals surface area contributed by atoms with Crippen LogP contribution in [0.15, 0.2) is 37.3 Å². The highest BCUT2D eigenvalue weighted by molar-refractivity contribution is 7.59. The van der Waals surface area contributed by atoms with E-state index in [0.717, 1.165) is 17.2 Å². The molecule has 0 bridgehead atoms. The Balaban J connectivity index is 0.00000274. The molecule has 0 spiro atoms. The minimum Gasteiger partial charge on any atom is -0.378 e. The lowest BCUT2D eigenvalue weighted by atomic mass is 10.2. The van der Waals surface area contributed by atoms with Crippen molar-refractivity contribution in [3.8, 4) is 10.6 Å². The molecular weight excluding hydrogens is 481 g/mol. The van der Waals surface area contributed by atoms with Gasteiger partial charge in [-0.25, -0.2) is 29.3 Å².